The second-order valence-corrected chi connectivity index (χ2v) is 6.42. The molecule has 4 aromatic rings. The van der Waals surface area contributed by atoms with Crippen molar-refractivity contribution in [2.75, 3.05) is 5.73 Å². The summed E-state index contributed by atoms with van der Waals surface area (Å²) in [4.78, 5) is 17.0. The first-order valence-electron chi connectivity index (χ1n) is 8.35. The molecule has 7 heteroatoms. The van der Waals surface area contributed by atoms with E-state index in [2.05, 4.69) is 15.4 Å². The first-order valence-corrected chi connectivity index (χ1v) is 8.73. The van der Waals surface area contributed by atoms with Gasteiger partial charge in [0, 0.05) is 22.7 Å². The van der Waals surface area contributed by atoms with Crippen LogP contribution in [0.2, 0.25) is 5.02 Å². The van der Waals surface area contributed by atoms with Gasteiger partial charge in [0.05, 0.1) is 0 Å². The van der Waals surface area contributed by atoms with Crippen LogP contribution in [0.4, 0.5) is 5.82 Å². The van der Waals surface area contributed by atoms with E-state index in [1.54, 1.807) is 18.2 Å². The lowest BCUT2D eigenvalue weighted by Gasteiger charge is -2.08. The molecule has 0 fully saturated rings. The summed E-state index contributed by atoms with van der Waals surface area (Å²) < 4.78 is 1.52. The molecular formula is C20H16ClN5O. The van der Waals surface area contributed by atoms with Gasteiger partial charge >= 0.3 is 0 Å². The number of amides is 1. The summed E-state index contributed by atoms with van der Waals surface area (Å²) in [5.74, 6) is 0.634. The molecule has 3 N–H and O–H groups in total. The highest BCUT2D eigenvalue weighted by atomic mass is 35.5. The molecule has 1 amide bonds. The number of halogens is 1. The standard InChI is InChI=1S/C20H16ClN5O/c21-16-9-5-4-8-14(16)12-23-20(27)15-10-17(22)26-18(11-15)24-19(25-26)13-6-2-1-3-7-13/h1-11H,12,22H2,(H,23,27). The Balaban J connectivity index is 1.60. The quantitative estimate of drug-likeness (QED) is 0.569. The average molecular weight is 378 g/mol. The highest BCUT2D eigenvalue weighted by molar-refractivity contribution is 6.31. The monoisotopic (exact) mass is 377 g/mol. The normalized spacial score (nSPS) is 10.9. The Kier molecular flexibility index (Phi) is 4.48. The molecule has 6 nitrogen and oxygen atoms in total. The van der Waals surface area contributed by atoms with Crippen LogP contribution in [0.1, 0.15) is 15.9 Å². The lowest BCUT2D eigenvalue weighted by molar-refractivity contribution is 0.0951. The molecule has 4 rings (SSSR count). The molecule has 0 aliphatic carbocycles. The third-order valence-electron chi connectivity index (χ3n) is 4.16. The summed E-state index contributed by atoms with van der Waals surface area (Å²) in [6.07, 6.45) is 0. The maximum atomic E-state index is 12.5. The van der Waals surface area contributed by atoms with Crippen LogP contribution in [0.25, 0.3) is 17.0 Å². The number of hydrogen-bond acceptors (Lipinski definition) is 4. The average Bonchev–Trinajstić information content (AvgIpc) is 3.13. The number of rotatable bonds is 4. The predicted octanol–water partition coefficient (Wildman–Crippen LogP) is 3.56. The van der Waals surface area contributed by atoms with Gasteiger partial charge in [-0.2, -0.15) is 4.52 Å². The Morgan fingerprint density at radius 1 is 1.07 bits per heavy atom. The summed E-state index contributed by atoms with van der Waals surface area (Å²) >= 11 is 6.13. The SMILES string of the molecule is Nc1cc(C(=O)NCc2ccccc2Cl)cc2nc(-c3ccccc3)nn12. The third-order valence-corrected chi connectivity index (χ3v) is 4.52. The minimum atomic E-state index is -0.256. The van der Waals surface area contributed by atoms with Crippen molar-refractivity contribution in [2.24, 2.45) is 0 Å². The molecule has 2 aromatic heterocycles. The van der Waals surface area contributed by atoms with Crippen LogP contribution in [0, 0.1) is 0 Å². The number of aromatic nitrogens is 3. The summed E-state index contributed by atoms with van der Waals surface area (Å²) in [5.41, 5.74) is 8.73. The Morgan fingerprint density at radius 2 is 1.81 bits per heavy atom. The van der Waals surface area contributed by atoms with Crippen LogP contribution in [0.15, 0.2) is 66.7 Å². The Labute approximate surface area is 160 Å². The van der Waals surface area contributed by atoms with E-state index in [1.807, 2.05) is 48.5 Å². The number of carbonyl (C=O) groups excluding carboxylic acids is 1. The number of benzene rings is 2. The summed E-state index contributed by atoms with van der Waals surface area (Å²) in [7, 11) is 0. The highest BCUT2D eigenvalue weighted by Gasteiger charge is 2.13. The van der Waals surface area contributed by atoms with Crippen LogP contribution >= 0.6 is 11.6 Å². The van der Waals surface area contributed by atoms with Crippen LogP contribution in [-0.2, 0) is 6.54 Å². The zero-order chi connectivity index (χ0) is 18.8. The van der Waals surface area contributed by atoms with Gasteiger partial charge < -0.3 is 11.1 Å². The van der Waals surface area contributed by atoms with Crippen LogP contribution in [0.5, 0.6) is 0 Å². The zero-order valence-electron chi connectivity index (χ0n) is 14.3. The van der Waals surface area contributed by atoms with Crippen molar-refractivity contribution in [3.05, 3.63) is 82.9 Å². The van der Waals surface area contributed by atoms with Gasteiger partial charge in [0.15, 0.2) is 11.5 Å². The summed E-state index contributed by atoms with van der Waals surface area (Å²) in [5, 5.41) is 7.88. The lowest BCUT2D eigenvalue weighted by atomic mass is 10.2. The number of nitrogens with one attached hydrogen (secondary N) is 1. The minimum absolute atomic E-state index is 0.256. The Morgan fingerprint density at radius 3 is 2.59 bits per heavy atom. The molecule has 0 bridgehead atoms. The van der Waals surface area contributed by atoms with Crippen LogP contribution in [-0.4, -0.2) is 20.5 Å². The fourth-order valence-electron chi connectivity index (χ4n) is 2.77. The van der Waals surface area contributed by atoms with Crippen molar-refractivity contribution in [3.63, 3.8) is 0 Å². The van der Waals surface area contributed by atoms with Crippen molar-refractivity contribution in [2.45, 2.75) is 6.54 Å². The number of pyridine rings is 1. The minimum Gasteiger partial charge on any atom is -0.384 e. The topological polar surface area (TPSA) is 85.3 Å². The number of nitrogen functional groups attached to an aromatic ring is 1. The molecule has 0 saturated carbocycles. The van der Waals surface area contributed by atoms with E-state index in [0.29, 0.717) is 34.4 Å². The van der Waals surface area contributed by atoms with Crippen molar-refractivity contribution in [1.82, 2.24) is 19.9 Å². The van der Waals surface area contributed by atoms with Gasteiger partial charge in [0.1, 0.15) is 5.82 Å². The fraction of sp³-hybridized carbons (Fsp3) is 0.0500. The van der Waals surface area contributed by atoms with Crippen molar-refractivity contribution >= 4 is 29.0 Å². The van der Waals surface area contributed by atoms with E-state index in [1.165, 1.54) is 4.52 Å². The summed E-state index contributed by atoms with van der Waals surface area (Å²) in [6, 6.07) is 20.2. The molecule has 0 aliphatic rings. The van der Waals surface area contributed by atoms with Gasteiger partial charge in [-0.25, -0.2) is 4.98 Å². The molecule has 0 unspecified atom stereocenters. The number of hydrogen-bond donors (Lipinski definition) is 2. The van der Waals surface area contributed by atoms with Crippen LogP contribution in [0.3, 0.4) is 0 Å². The number of anilines is 1. The molecule has 0 saturated heterocycles. The number of nitrogens with zero attached hydrogens (tertiary/aromatic N) is 3. The van der Waals surface area contributed by atoms with Crippen LogP contribution < -0.4 is 11.1 Å². The smallest absolute Gasteiger partial charge is 0.251 e. The highest BCUT2D eigenvalue weighted by Crippen LogP contribution is 2.19. The molecule has 134 valence electrons. The molecular weight excluding hydrogens is 362 g/mol. The van der Waals surface area contributed by atoms with Gasteiger partial charge in [-0.1, -0.05) is 60.1 Å². The maximum absolute atomic E-state index is 12.5. The molecule has 0 radical (unpaired) electrons. The maximum Gasteiger partial charge on any atom is 0.251 e. The molecule has 2 heterocycles. The Hall–Kier alpha value is -3.38. The van der Waals surface area contributed by atoms with Gasteiger partial charge in [-0.15, -0.1) is 5.10 Å². The number of nitrogens with two attached hydrogens (primary N) is 1. The van der Waals surface area contributed by atoms with Gasteiger partial charge in [-0.05, 0) is 23.8 Å². The molecule has 0 atom stereocenters. The molecule has 0 spiro atoms. The lowest BCUT2D eigenvalue weighted by Crippen LogP contribution is -2.23. The molecule has 0 aliphatic heterocycles. The largest absolute Gasteiger partial charge is 0.384 e. The molecule has 27 heavy (non-hydrogen) atoms. The van der Waals surface area contributed by atoms with Gasteiger partial charge in [-0.3, -0.25) is 4.79 Å². The second kappa shape index (κ2) is 7.09. The van der Waals surface area contributed by atoms with E-state index in [9.17, 15) is 4.79 Å². The van der Waals surface area contributed by atoms with E-state index in [0.717, 1.165) is 11.1 Å². The van der Waals surface area contributed by atoms with Crippen molar-refractivity contribution in [3.8, 4) is 11.4 Å². The second-order valence-electron chi connectivity index (χ2n) is 6.01. The van der Waals surface area contributed by atoms with E-state index in [-0.39, 0.29) is 5.91 Å². The van der Waals surface area contributed by atoms with Gasteiger partial charge in [0.2, 0.25) is 0 Å². The predicted molar refractivity (Wildman–Crippen MR) is 105 cm³/mol. The number of fused-ring (bicyclic) bond motifs is 1. The fourth-order valence-corrected chi connectivity index (χ4v) is 2.97. The zero-order valence-corrected chi connectivity index (χ0v) is 15.0. The molecule has 2 aromatic carbocycles. The summed E-state index contributed by atoms with van der Waals surface area (Å²) in [6.45, 7) is 0.325. The van der Waals surface area contributed by atoms with Crippen molar-refractivity contribution < 1.29 is 4.79 Å². The van der Waals surface area contributed by atoms with E-state index < -0.39 is 0 Å². The van der Waals surface area contributed by atoms with E-state index >= 15 is 0 Å². The first kappa shape index (κ1) is 17.1. The van der Waals surface area contributed by atoms with Crippen molar-refractivity contribution in [1.29, 1.82) is 0 Å². The Bertz CT molecular complexity index is 1120. The first-order chi connectivity index (χ1) is 13.1. The number of carbonyl (C=O) groups is 1. The van der Waals surface area contributed by atoms with Gasteiger partial charge in [0.25, 0.3) is 5.91 Å². The third kappa shape index (κ3) is 3.47. The van der Waals surface area contributed by atoms with E-state index in [4.69, 9.17) is 17.3 Å².